The van der Waals surface area contributed by atoms with Gasteiger partial charge in [-0.3, -0.25) is 0 Å². The van der Waals surface area contributed by atoms with Gasteiger partial charge >= 0.3 is 6.18 Å². The van der Waals surface area contributed by atoms with Crippen molar-refractivity contribution >= 4 is 57.0 Å². The lowest BCUT2D eigenvalue weighted by atomic mass is 10.3. The molecule has 132 valence electrons. The molecule has 4 nitrogen and oxygen atoms in total. The summed E-state index contributed by atoms with van der Waals surface area (Å²) in [6, 6.07) is 4.47. The summed E-state index contributed by atoms with van der Waals surface area (Å²) in [6.07, 6.45) is -4.52. The van der Waals surface area contributed by atoms with Crippen molar-refractivity contribution in [1.82, 2.24) is 19.5 Å². The first-order valence-electron chi connectivity index (χ1n) is 7.12. The minimum absolute atomic E-state index is 0.221. The van der Waals surface area contributed by atoms with Crippen LogP contribution in [0.1, 0.15) is 12.6 Å². The van der Waals surface area contributed by atoms with E-state index in [1.807, 2.05) is 13.0 Å². The third kappa shape index (κ3) is 3.59. The number of fused-ring (bicyclic) bond motifs is 1. The van der Waals surface area contributed by atoms with Gasteiger partial charge in [0.2, 0.25) is 0 Å². The number of hydrogen-bond acceptors (Lipinski definition) is 4. The minimum Gasteiger partial charge on any atom is -0.324 e. The van der Waals surface area contributed by atoms with Crippen molar-refractivity contribution in [3.63, 3.8) is 0 Å². The maximum Gasteiger partial charge on any atom is 0.433 e. The molecule has 0 aromatic carbocycles. The van der Waals surface area contributed by atoms with Crippen molar-refractivity contribution < 1.29 is 13.2 Å². The first kappa shape index (κ1) is 18.7. The Bertz CT molecular complexity index is 958. The smallest absolute Gasteiger partial charge is 0.324 e. The predicted molar refractivity (Wildman–Crippen MR) is 101 cm³/mol. The average Bonchev–Trinajstić information content (AvgIpc) is 2.86. The highest BCUT2D eigenvalue weighted by atomic mass is 127. The van der Waals surface area contributed by atoms with Crippen LogP contribution >= 0.6 is 46.0 Å². The summed E-state index contributed by atoms with van der Waals surface area (Å²) >= 11 is 9.37. The van der Waals surface area contributed by atoms with Crippen molar-refractivity contribution in [3.8, 4) is 11.5 Å². The zero-order valence-corrected chi connectivity index (χ0v) is 16.8. The molecule has 0 aliphatic carbocycles. The molecule has 25 heavy (non-hydrogen) atoms. The summed E-state index contributed by atoms with van der Waals surface area (Å²) in [6.45, 7) is 2.00. The van der Waals surface area contributed by atoms with Crippen LogP contribution in [0.3, 0.4) is 0 Å². The van der Waals surface area contributed by atoms with Gasteiger partial charge in [0.25, 0.3) is 0 Å². The lowest BCUT2D eigenvalue weighted by Crippen LogP contribution is -2.09. The maximum atomic E-state index is 13.0. The fraction of sp³-hybridized carbons (Fsp3) is 0.267. The number of hydrogen-bond donors (Lipinski definition) is 0. The molecule has 0 unspecified atom stereocenters. The first-order valence-corrected chi connectivity index (χ1v) is 9.56. The van der Waals surface area contributed by atoms with Gasteiger partial charge in [0.1, 0.15) is 25.8 Å². The summed E-state index contributed by atoms with van der Waals surface area (Å²) in [7, 11) is 1.73. The topological polar surface area (TPSA) is 43.6 Å². The minimum atomic E-state index is -4.52. The molecule has 0 amide bonds. The van der Waals surface area contributed by atoms with E-state index in [9.17, 15) is 13.2 Å². The summed E-state index contributed by atoms with van der Waals surface area (Å²) < 4.78 is 41.0. The van der Waals surface area contributed by atoms with E-state index >= 15 is 0 Å². The molecule has 0 radical (unpaired) electrons. The molecule has 0 saturated heterocycles. The third-order valence-corrected chi connectivity index (χ3v) is 5.33. The Kier molecular flexibility index (Phi) is 5.18. The number of rotatable bonds is 3. The number of aromatic nitrogens is 4. The first-order chi connectivity index (χ1) is 11.7. The molecule has 0 aliphatic heterocycles. The van der Waals surface area contributed by atoms with Crippen molar-refractivity contribution in [2.24, 2.45) is 7.05 Å². The van der Waals surface area contributed by atoms with Gasteiger partial charge in [-0.2, -0.15) is 13.2 Å². The Labute approximate surface area is 164 Å². The molecule has 10 heteroatoms. The van der Waals surface area contributed by atoms with Crippen molar-refractivity contribution in [2.75, 3.05) is 5.75 Å². The van der Waals surface area contributed by atoms with E-state index in [-0.39, 0.29) is 9.22 Å². The van der Waals surface area contributed by atoms with Crippen LogP contribution in [0, 0.1) is 3.70 Å². The molecule has 0 saturated carbocycles. The van der Waals surface area contributed by atoms with Crippen LogP contribution in [0.25, 0.3) is 22.6 Å². The molecule has 3 rings (SSSR count). The predicted octanol–water partition coefficient (Wildman–Crippen LogP) is 5.42. The van der Waals surface area contributed by atoms with Crippen molar-refractivity contribution in [1.29, 1.82) is 0 Å². The molecule has 0 bridgehead atoms. The highest BCUT2D eigenvalue weighted by molar-refractivity contribution is 14.1. The van der Waals surface area contributed by atoms with Gasteiger partial charge in [-0.25, -0.2) is 15.0 Å². The zero-order valence-electron chi connectivity index (χ0n) is 13.0. The molecular formula is C15H11ClF3IN4S. The molecule has 0 fully saturated rings. The van der Waals surface area contributed by atoms with Gasteiger partial charge < -0.3 is 4.57 Å². The van der Waals surface area contributed by atoms with Crippen LogP contribution in [0.5, 0.6) is 0 Å². The normalized spacial score (nSPS) is 12.1. The monoisotopic (exact) mass is 498 g/mol. The molecular weight excluding hydrogens is 488 g/mol. The second-order valence-electron chi connectivity index (χ2n) is 5.07. The van der Waals surface area contributed by atoms with E-state index in [2.05, 4.69) is 15.0 Å². The van der Waals surface area contributed by atoms with Gasteiger partial charge in [0.05, 0.1) is 5.52 Å². The maximum absolute atomic E-state index is 13.0. The average molecular weight is 499 g/mol. The lowest BCUT2D eigenvalue weighted by molar-refractivity contribution is -0.141. The Hall–Kier alpha value is -1.07. The number of halogens is 5. The Morgan fingerprint density at radius 2 is 1.96 bits per heavy atom. The Morgan fingerprint density at radius 3 is 2.60 bits per heavy atom. The molecule has 0 N–H and O–H groups in total. The molecule has 3 heterocycles. The fourth-order valence-electron chi connectivity index (χ4n) is 2.40. The number of imidazole rings is 1. The highest BCUT2D eigenvalue weighted by Gasteiger charge is 2.34. The zero-order chi connectivity index (χ0) is 18.4. The van der Waals surface area contributed by atoms with Crippen LogP contribution in [0.15, 0.2) is 23.1 Å². The summed E-state index contributed by atoms with van der Waals surface area (Å²) in [5.74, 6) is 1.27. The highest BCUT2D eigenvalue weighted by Crippen LogP contribution is 2.35. The van der Waals surface area contributed by atoms with Gasteiger partial charge in [0.15, 0.2) is 5.82 Å². The number of aryl methyl sites for hydroxylation is 1. The quantitative estimate of drug-likeness (QED) is 0.275. The fourth-order valence-corrected chi connectivity index (χ4v) is 4.19. The number of thioether (sulfide) groups is 1. The summed E-state index contributed by atoms with van der Waals surface area (Å²) in [4.78, 5) is 13.3. The van der Waals surface area contributed by atoms with Crippen molar-refractivity contribution in [2.45, 2.75) is 18.0 Å². The second kappa shape index (κ2) is 6.92. The van der Waals surface area contributed by atoms with Gasteiger partial charge in [0, 0.05) is 11.9 Å². The standard InChI is InChI=1S/C15H11ClF3IN4S/c1-3-25-8-4-5-10(16)23-11(8)14-21-7-6-9(15(17,18)19)22-13(20)12(7)24(14)2/h4-6H,3H2,1-2H3. The summed E-state index contributed by atoms with van der Waals surface area (Å²) in [5.41, 5.74) is 0.329. The number of nitrogens with zero attached hydrogens (tertiary/aromatic N) is 4. The molecule has 3 aromatic rings. The van der Waals surface area contributed by atoms with Crippen LogP contribution in [0.4, 0.5) is 13.2 Å². The van der Waals surface area contributed by atoms with E-state index in [0.717, 1.165) is 16.7 Å². The van der Waals surface area contributed by atoms with Crippen molar-refractivity contribution in [3.05, 3.63) is 32.7 Å². The molecule has 3 aromatic heterocycles. The Morgan fingerprint density at radius 1 is 1.24 bits per heavy atom. The second-order valence-corrected chi connectivity index (χ2v) is 7.79. The van der Waals surface area contributed by atoms with Crippen LogP contribution in [-0.4, -0.2) is 25.3 Å². The van der Waals surface area contributed by atoms with Crippen LogP contribution < -0.4 is 0 Å². The third-order valence-electron chi connectivity index (χ3n) is 3.44. The van der Waals surface area contributed by atoms with E-state index in [4.69, 9.17) is 11.6 Å². The Balaban J connectivity index is 2.27. The van der Waals surface area contributed by atoms with E-state index in [1.165, 1.54) is 0 Å². The van der Waals surface area contributed by atoms with E-state index in [1.54, 1.807) is 52.0 Å². The number of alkyl halides is 3. The molecule has 0 atom stereocenters. The molecule has 0 aliphatic rings. The van der Waals surface area contributed by atoms with Gasteiger partial charge in [-0.15, -0.1) is 11.8 Å². The summed E-state index contributed by atoms with van der Waals surface area (Å²) in [5, 5.41) is 0.298. The van der Waals surface area contributed by atoms with Gasteiger partial charge in [-0.1, -0.05) is 18.5 Å². The molecule has 0 spiro atoms. The largest absolute Gasteiger partial charge is 0.433 e. The van der Waals surface area contributed by atoms with Crippen LogP contribution in [-0.2, 0) is 13.2 Å². The number of pyridine rings is 2. The van der Waals surface area contributed by atoms with Gasteiger partial charge in [-0.05, 0) is 46.5 Å². The van der Waals surface area contributed by atoms with E-state index < -0.39 is 11.9 Å². The SMILES string of the molecule is CCSc1ccc(Cl)nc1-c1nc2cc(C(F)(F)F)nc(I)c2n1C. The van der Waals surface area contributed by atoms with E-state index in [0.29, 0.717) is 22.2 Å². The van der Waals surface area contributed by atoms with Crippen LogP contribution in [0.2, 0.25) is 5.15 Å². The lowest BCUT2D eigenvalue weighted by Gasteiger charge is -2.09.